The summed E-state index contributed by atoms with van der Waals surface area (Å²) in [5.74, 6) is 1.90. The second kappa shape index (κ2) is 13.7. The molecule has 4 aromatic carbocycles. The monoisotopic (exact) mass is 690 g/mol. The number of phenols is 2. The third-order valence-electron chi connectivity index (χ3n) is 10.7. The zero-order valence-corrected chi connectivity index (χ0v) is 33.7. The van der Waals surface area contributed by atoms with Gasteiger partial charge >= 0.3 is 0 Å². The molecular weight excluding hydrogens is 633 g/mol. The van der Waals surface area contributed by atoms with Gasteiger partial charge in [0.2, 0.25) is 0 Å². The van der Waals surface area contributed by atoms with Gasteiger partial charge in [-0.3, -0.25) is 0 Å². The summed E-state index contributed by atoms with van der Waals surface area (Å²) in [7, 11) is -0.641. The topological polar surface area (TPSA) is 77.4 Å². The lowest BCUT2D eigenvalue weighted by molar-refractivity contribution is 0.198. The highest BCUT2D eigenvalue weighted by Crippen LogP contribution is 2.44. The van der Waals surface area contributed by atoms with Gasteiger partial charge in [0.05, 0.1) is 14.2 Å². The maximum absolute atomic E-state index is 11.6. The van der Waals surface area contributed by atoms with Crippen molar-refractivity contribution in [2.75, 3.05) is 14.2 Å². The minimum absolute atomic E-state index is 0.0650. The summed E-state index contributed by atoms with van der Waals surface area (Å²) >= 11 is 0. The first-order valence-corrected chi connectivity index (χ1v) is 22.9. The van der Waals surface area contributed by atoms with Gasteiger partial charge in [0, 0.05) is 57.7 Å². The van der Waals surface area contributed by atoms with E-state index in [1.54, 1.807) is 14.2 Å². The molecule has 8 heteroatoms. The van der Waals surface area contributed by atoms with Gasteiger partial charge in [-0.05, 0) is 97.6 Å². The fraction of sp³-hybridized carbons (Fsp3) is 0.500. The van der Waals surface area contributed by atoms with Crippen molar-refractivity contribution in [3.8, 4) is 34.1 Å². The van der Waals surface area contributed by atoms with Crippen LogP contribution in [-0.2, 0) is 21.7 Å². The SMILES string of the molecule is COc1cc(C[C@H](C)O[Si](C)(C)C(C)(C)C)c(O)c2cc(-c3ccc4c(OC)cc(C[C@H](C)O[Si](C)(C)C(C)(C)C)c(O)c4c3)ccc12. The predicted molar refractivity (Wildman–Crippen MR) is 206 cm³/mol. The van der Waals surface area contributed by atoms with E-state index in [-0.39, 0.29) is 33.8 Å². The van der Waals surface area contributed by atoms with E-state index in [1.807, 2.05) is 48.5 Å². The normalized spacial score (nSPS) is 14.4. The van der Waals surface area contributed by atoms with Crippen LogP contribution in [-0.4, -0.2) is 53.3 Å². The highest BCUT2D eigenvalue weighted by Gasteiger charge is 2.39. The minimum Gasteiger partial charge on any atom is -0.507 e. The zero-order valence-electron chi connectivity index (χ0n) is 31.7. The smallest absolute Gasteiger partial charge is 0.192 e. The fourth-order valence-corrected chi connectivity index (χ4v) is 8.82. The van der Waals surface area contributed by atoms with Crippen molar-refractivity contribution in [2.24, 2.45) is 0 Å². The van der Waals surface area contributed by atoms with Gasteiger partial charge in [0.15, 0.2) is 16.6 Å². The second-order valence-corrected chi connectivity index (χ2v) is 26.0. The van der Waals surface area contributed by atoms with Gasteiger partial charge in [-0.25, -0.2) is 0 Å². The number of methoxy groups -OCH3 is 2. The molecule has 0 aromatic heterocycles. The van der Waals surface area contributed by atoms with E-state index in [1.165, 1.54) is 0 Å². The van der Waals surface area contributed by atoms with Crippen molar-refractivity contribution in [1.29, 1.82) is 0 Å². The molecule has 262 valence electrons. The number of hydrogen-bond acceptors (Lipinski definition) is 6. The molecule has 0 aliphatic rings. The van der Waals surface area contributed by atoms with Crippen LogP contribution in [0.4, 0.5) is 0 Å². The molecule has 0 saturated carbocycles. The van der Waals surface area contributed by atoms with Crippen LogP contribution in [0.2, 0.25) is 36.3 Å². The van der Waals surface area contributed by atoms with Crippen molar-refractivity contribution in [1.82, 2.24) is 0 Å². The molecule has 0 aliphatic heterocycles. The molecule has 0 aliphatic carbocycles. The lowest BCUT2D eigenvalue weighted by Gasteiger charge is -2.38. The molecule has 0 radical (unpaired) electrons. The number of rotatable bonds is 11. The molecule has 0 spiro atoms. The van der Waals surface area contributed by atoms with Gasteiger partial charge in [-0.15, -0.1) is 0 Å². The van der Waals surface area contributed by atoms with Crippen LogP contribution in [0.5, 0.6) is 23.0 Å². The molecular formula is C40H58O6Si2. The van der Waals surface area contributed by atoms with Crippen LogP contribution in [0.25, 0.3) is 32.7 Å². The number of hydrogen-bond donors (Lipinski definition) is 2. The standard InChI is InChI=1S/C40H58O6Si2/c1-25(45-47(11,12)39(3,4)5)19-29-23-35(43-9)31-17-15-27(21-33(31)37(29)41)28-16-18-32-34(22-28)38(42)30(24-36(32)44-10)20-26(2)46-48(13,14)40(6,7)8/h15-18,21-26,41-42H,19-20H2,1-14H3/t25-,26-/m0/s1. The summed E-state index contributed by atoms with van der Waals surface area (Å²) in [4.78, 5) is 0. The maximum atomic E-state index is 11.6. The summed E-state index contributed by atoms with van der Waals surface area (Å²) in [6.07, 6.45) is 1.01. The van der Waals surface area contributed by atoms with Gasteiger partial charge in [0.25, 0.3) is 0 Å². The van der Waals surface area contributed by atoms with Crippen LogP contribution >= 0.6 is 0 Å². The van der Waals surface area contributed by atoms with Crippen molar-refractivity contribution >= 4 is 38.2 Å². The fourth-order valence-electron chi connectivity index (χ4n) is 5.94. The highest BCUT2D eigenvalue weighted by atomic mass is 28.4. The first kappa shape index (κ1) is 37.8. The third kappa shape index (κ3) is 7.72. The summed E-state index contributed by atoms with van der Waals surface area (Å²) in [6, 6.07) is 15.9. The van der Waals surface area contributed by atoms with Crippen LogP contribution in [0.1, 0.15) is 66.5 Å². The third-order valence-corrected chi connectivity index (χ3v) is 19.9. The van der Waals surface area contributed by atoms with E-state index in [0.717, 1.165) is 33.0 Å². The Bertz CT molecular complexity index is 1650. The van der Waals surface area contributed by atoms with E-state index in [0.29, 0.717) is 35.1 Å². The summed E-state index contributed by atoms with van der Waals surface area (Å²) in [6.45, 7) is 26.6. The first-order chi connectivity index (χ1) is 22.1. The van der Waals surface area contributed by atoms with Crippen LogP contribution in [0.15, 0.2) is 48.5 Å². The molecule has 48 heavy (non-hydrogen) atoms. The Labute approximate surface area is 290 Å². The summed E-state index contributed by atoms with van der Waals surface area (Å²) in [5.41, 5.74) is 3.43. The molecule has 0 bridgehead atoms. The number of benzene rings is 4. The Hall–Kier alpha value is -3.05. The Morgan fingerprint density at radius 1 is 0.562 bits per heavy atom. The number of phenolic OH excluding ortho intramolecular Hbond substituents is 2. The molecule has 0 fully saturated rings. The highest BCUT2D eigenvalue weighted by molar-refractivity contribution is 6.74. The maximum Gasteiger partial charge on any atom is 0.192 e. The molecule has 0 amide bonds. The lowest BCUT2D eigenvalue weighted by atomic mass is 9.94. The van der Waals surface area contributed by atoms with E-state index in [2.05, 4.69) is 81.6 Å². The Kier molecular flexibility index (Phi) is 10.8. The average Bonchev–Trinajstić information content (AvgIpc) is 2.97. The van der Waals surface area contributed by atoms with Gasteiger partial charge in [0.1, 0.15) is 23.0 Å². The van der Waals surface area contributed by atoms with Gasteiger partial charge < -0.3 is 28.5 Å². The van der Waals surface area contributed by atoms with E-state index in [9.17, 15) is 10.2 Å². The van der Waals surface area contributed by atoms with Crippen LogP contribution in [0.3, 0.4) is 0 Å². The zero-order chi connectivity index (χ0) is 36.0. The molecule has 2 atom stereocenters. The number of aromatic hydroxyl groups is 2. The van der Waals surface area contributed by atoms with E-state index < -0.39 is 16.6 Å². The van der Waals surface area contributed by atoms with Crippen molar-refractivity contribution in [3.63, 3.8) is 0 Å². The average molecular weight is 691 g/mol. The molecule has 6 nitrogen and oxygen atoms in total. The molecule has 2 N–H and O–H groups in total. The van der Waals surface area contributed by atoms with Crippen molar-refractivity contribution in [2.45, 2.75) is 117 Å². The molecule has 0 unspecified atom stereocenters. The van der Waals surface area contributed by atoms with Gasteiger partial charge in [-0.1, -0.05) is 53.7 Å². The quantitative estimate of drug-likeness (QED) is 0.153. The Morgan fingerprint density at radius 3 is 1.19 bits per heavy atom. The first-order valence-electron chi connectivity index (χ1n) is 17.1. The Balaban J connectivity index is 1.75. The number of ether oxygens (including phenoxy) is 2. The van der Waals surface area contributed by atoms with Crippen LogP contribution < -0.4 is 9.47 Å². The molecule has 0 saturated heterocycles. The van der Waals surface area contributed by atoms with Crippen molar-refractivity contribution < 1.29 is 28.5 Å². The van der Waals surface area contributed by atoms with E-state index in [4.69, 9.17) is 18.3 Å². The van der Waals surface area contributed by atoms with Gasteiger partial charge in [-0.2, -0.15) is 0 Å². The molecule has 4 aromatic rings. The van der Waals surface area contributed by atoms with E-state index >= 15 is 0 Å². The lowest BCUT2D eigenvalue weighted by Crippen LogP contribution is -2.43. The van der Waals surface area contributed by atoms with Crippen LogP contribution in [0, 0.1) is 0 Å². The summed E-state index contributed by atoms with van der Waals surface area (Å²) < 4.78 is 24.9. The Morgan fingerprint density at radius 2 is 0.896 bits per heavy atom. The summed E-state index contributed by atoms with van der Waals surface area (Å²) in [5, 5.41) is 26.5. The predicted octanol–water partition coefficient (Wildman–Crippen LogP) is 11.0. The largest absolute Gasteiger partial charge is 0.507 e. The molecule has 0 heterocycles. The number of fused-ring (bicyclic) bond motifs is 2. The van der Waals surface area contributed by atoms with Crippen molar-refractivity contribution in [3.05, 3.63) is 59.7 Å². The minimum atomic E-state index is -1.98. The second-order valence-electron chi connectivity index (χ2n) is 16.5. The molecule has 4 rings (SSSR count).